The summed E-state index contributed by atoms with van der Waals surface area (Å²) in [6.07, 6.45) is 1.51. The molecule has 2 aromatic carbocycles. The number of hydrogen-bond donors (Lipinski definition) is 1. The molecule has 0 saturated carbocycles. The smallest absolute Gasteiger partial charge is 0.250 e. The maximum atomic E-state index is 12.2. The van der Waals surface area contributed by atoms with Crippen LogP contribution in [0.4, 0.5) is 0 Å². The molecule has 0 radical (unpaired) electrons. The van der Waals surface area contributed by atoms with Crippen molar-refractivity contribution in [3.63, 3.8) is 0 Å². The summed E-state index contributed by atoms with van der Waals surface area (Å²) in [5.41, 5.74) is 5.59. The van der Waals surface area contributed by atoms with Crippen molar-refractivity contribution in [2.75, 3.05) is 5.75 Å². The Balaban J connectivity index is 1.62. The summed E-state index contributed by atoms with van der Waals surface area (Å²) in [6.45, 7) is 9.28. The third-order valence-electron chi connectivity index (χ3n) is 4.72. The number of thioether (sulfide) groups is 1. The molecule has 0 aliphatic rings. The molecule has 32 heavy (non-hydrogen) atoms. The van der Waals surface area contributed by atoms with Crippen molar-refractivity contribution in [2.45, 2.75) is 44.8 Å². The molecular formula is C23H25Cl2N5OS. The molecule has 0 fully saturated rings. The number of halogens is 2. The highest BCUT2D eigenvalue weighted by molar-refractivity contribution is 7.99. The molecule has 3 aromatic rings. The van der Waals surface area contributed by atoms with E-state index in [4.69, 9.17) is 23.2 Å². The highest BCUT2D eigenvalue weighted by atomic mass is 35.5. The summed E-state index contributed by atoms with van der Waals surface area (Å²) < 4.78 is 2.00. The van der Waals surface area contributed by atoms with Gasteiger partial charge in [-0.25, -0.2) is 5.43 Å². The molecule has 1 N–H and O–H groups in total. The number of aromatic nitrogens is 3. The van der Waals surface area contributed by atoms with E-state index in [9.17, 15) is 4.79 Å². The lowest BCUT2D eigenvalue weighted by molar-refractivity contribution is -0.118. The zero-order chi connectivity index (χ0) is 23.3. The third-order valence-corrected chi connectivity index (χ3v) is 6.43. The lowest BCUT2D eigenvalue weighted by Crippen LogP contribution is -2.20. The maximum absolute atomic E-state index is 12.2. The fourth-order valence-corrected chi connectivity index (χ4v) is 4.05. The van der Waals surface area contributed by atoms with E-state index in [1.807, 2.05) is 11.5 Å². The Morgan fingerprint density at radius 3 is 2.47 bits per heavy atom. The Bertz CT molecular complexity index is 1120. The SMILES string of the molecule is CCn1c(SCC(=O)N/N=C/c2ccc(Cl)c(Cl)c2)nnc1-c1ccc(C(C)(C)C)cc1. The van der Waals surface area contributed by atoms with Crippen LogP contribution in [0.15, 0.2) is 52.7 Å². The summed E-state index contributed by atoms with van der Waals surface area (Å²) in [6, 6.07) is 13.5. The molecular weight excluding hydrogens is 465 g/mol. The van der Waals surface area contributed by atoms with Crippen LogP contribution in [0.2, 0.25) is 10.0 Å². The van der Waals surface area contributed by atoms with Gasteiger partial charge in [-0.2, -0.15) is 5.10 Å². The van der Waals surface area contributed by atoms with E-state index in [0.717, 1.165) is 17.0 Å². The van der Waals surface area contributed by atoms with E-state index in [0.29, 0.717) is 21.7 Å². The number of amides is 1. The van der Waals surface area contributed by atoms with E-state index in [2.05, 4.69) is 65.8 Å². The van der Waals surface area contributed by atoms with E-state index in [1.54, 1.807) is 18.2 Å². The molecule has 0 aliphatic carbocycles. The first-order chi connectivity index (χ1) is 15.2. The van der Waals surface area contributed by atoms with E-state index in [-0.39, 0.29) is 17.1 Å². The monoisotopic (exact) mass is 489 g/mol. The molecule has 0 aliphatic heterocycles. The number of hydrogen-bond acceptors (Lipinski definition) is 5. The fourth-order valence-electron chi connectivity index (χ4n) is 2.95. The second kappa shape index (κ2) is 10.5. The lowest BCUT2D eigenvalue weighted by Gasteiger charge is -2.19. The Hall–Kier alpha value is -2.35. The number of nitrogens with one attached hydrogen (secondary N) is 1. The van der Waals surface area contributed by atoms with Gasteiger partial charge in [-0.05, 0) is 35.6 Å². The molecule has 168 valence electrons. The Kier molecular flexibility index (Phi) is 7.98. The van der Waals surface area contributed by atoms with Crippen molar-refractivity contribution in [3.8, 4) is 11.4 Å². The van der Waals surface area contributed by atoms with Crippen LogP contribution in [-0.2, 0) is 16.8 Å². The molecule has 0 bridgehead atoms. The van der Waals surface area contributed by atoms with Gasteiger partial charge >= 0.3 is 0 Å². The van der Waals surface area contributed by atoms with Gasteiger partial charge in [0.05, 0.1) is 22.0 Å². The number of hydrazone groups is 1. The molecule has 9 heteroatoms. The Morgan fingerprint density at radius 1 is 1.12 bits per heavy atom. The largest absolute Gasteiger partial charge is 0.302 e. The molecule has 0 atom stereocenters. The number of carbonyl (C=O) groups excluding carboxylic acids is 1. The van der Waals surface area contributed by atoms with Crippen LogP contribution in [0.1, 0.15) is 38.8 Å². The topological polar surface area (TPSA) is 72.2 Å². The van der Waals surface area contributed by atoms with Crippen molar-refractivity contribution < 1.29 is 4.79 Å². The normalized spacial score (nSPS) is 11.8. The standard InChI is InChI=1S/C23H25Cl2N5OS/c1-5-30-21(16-7-9-17(10-8-16)23(2,3)4)28-29-22(30)32-14-20(31)27-26-13-15-6-11-18(24)19(25)12-15/h6-13H,5,14H2,1-4H3,(H,27,31)/b26-13+. The Morgan fingerprint density at radius 2 is 1.84 bits per heavy atom. The van der Waals surface area contributed by atoms with Crippen LogP contribution in [-0.4, -0.2) is 32.6 Å². The van der Waals surface area contributed by atoms with Crippen LogP contribution in [0, 0.1) is 0 Å². The van der Waals surface area contributed by atoms with Gasteiger partial charge in [0.1, 0.15) is 0 Å². The van der Waals surface area contributed by atoms with E-state index < -0.39 is 0 Å². The molecule has 6 nitrogen and oxygen atoms in total. The Labute approximate surface area is 202 Å². The summed E-state index contributed by atoms with van der Waals surface area (Å²) in [5.74, 6) is 0.710. The molecule has 0 saturated heterocycles. The first kappa shape index (κ1) is 24.3. The molecule has 0 spiro atoms. The van der Waals surface area contributed by atoms with E-state index in [1.165, 1.54) is 23.5 Å². The summed E-state index contributed by atoms with van der Waals surface area (Å²) in [5, 5.41) is 14.2. The van der Waals surface area contributed by atoms with Gasteiger partial charge in [-0.15, -0.1) is 10.2 Å². The van der Waals surface area contributed by atoms with Gasteiger partial charge in [0.2, 0.25) is 0 Å². The van der Waals surface area contributed by atoms with Crippen molar-refractivity contribution >= 4 is 47.1 Å². The van der Waals surface area contributed by atoms with Crippen LogP contribution in [0.5, 0.6) is 0 Å². The second-order valence-electron chi connectivity index (χ2n) is 8.13. The van der Waals surface area contributed by atoms with Crippen molar-refractivity contribution in [1.82, 2.24) is 20.2 Å². The molecule has 0 unspecified atom stereocenters. The summed E-state index contributed by atoms with van der Waals surface area (Å²) in [7, 11) is 0. The van der Waals surface area contributed by atoms with Crippen LogP contribution in [0.25, 0.3) is 11.4 Å². The summed E-state index contributed by atoms with van der Waals surface area (Å²) in [4.78, 5) is 12.2. The van der Waals surface area contributed by atoms with Crippen molar-refractivity contribution in [2.24, 2.45) is 5.10 Å². The number of rotatable bonds is 7. The molecule has 1 aromatic heterocycles. The minimum Gasteiger partial charge on any atom is -0.302 e. The maximum Gasteiger partial charge on any atom is 0.250 e. The van der Waals surface area contributed by atoms with Crippen LogP contribution < -0.4 is 5.43 Å². The predicted molar refractivity (Wildman–Crippen MR) is 133 cm³/mol. The zero-order valence-corrected chi connectivity index (χ0v) is 20.7. The highest BCUT2D eigenvalue weighted by Gasteiger charge is 2.17. The zero-order valence-electron chi connectivity index (χ0n) is 18.4. The first-order valence-electron chi connectivity index (χ1n) is 10.1. The highest BCUT2D eigenvalue weighted by Crippen LogP contribution is 2.27. The van der Waals surface area contributed by atoms with Crippen LogP contribution >= 0.6 is 35.0 Å². The van der Waals surface area contributed by atoms with Gasteiger partial charge in [0.15, 0.2) is 11.0 Å². The van der Waals surface area contributed by atoms with Gasteiger partial charge in [0.25, 0.3) is 5.91 Å². The van der Waals surface area contributed by atoms with Gasteiger partial charge in [0, 0.05) is 12.1 Å². The number of nitrogens with zero attached hydrogens (tertiary/aromatic N) is 4. The van der Waals surface area contributed by atoms with Gasteiger partial charge in [-0.1, -0.05) is 86.1 Å². The average Bonchev–Trinajstić information content (AvgIpc) is 3.17. The van der Waals surface area contributed by atoms with E-state index >= 15 is 0 Å². The minimum atomic E-state index is -0.243. The predicted octanol–water partition coefficient (Wildman–Crippen LogP) is 5.81. The van der Waals surface area contributed by atoms with Crippen molar-refractivity contribution in [1.29, 1.82) is 0 Å². The quantitative estimate of drug-likeness (QED) is 0.258. The molecule has 3 rings (SSSR count). The fraction of sp³-hybridized carbons (Fsp3) is 0.304. The average molecular weight is 490 g/mol. The number of carbonyl (C=O) groups is 1. The summed E-state index contributed by atoms with van der Waals surface area (Å²) >= 11 is 13.2. The van der Waals surface area contributed by atoms with Gasteiger partial charge in [-0.3, -0.25) is 4.79 Å². The number of benzene rings is 2. The lowest BCUT2D eigenvalue weighted by atomic mass is 9.87. The molecule has 1 heterocycles. The molecule has 1 amide bonds. The second-order valence-corrected chi connectivity index (χ2v) is 9.89. The third kappa shape index (κ3) is 6.12. The minimum absolute atomic E-state index is 0.0909. The first-order valence-corrected chi connectivity index (χ1v) is 11.9. The van der Waals surface area contributed by atoms with Crippen molar-refractivity contribution in [3.05, 3.63) is 63.6 Å². The van der Waals surface area contributed by atoms with Gasteiger partial charge < -0.3 is 4.57 Å². The van der Waals surface area contributed by atoms with Crippen LogP contribution in [0.3, 0.4) is 0 Å².